The Morgan fingerprint density at radius 3 is 2.72 bits per heavy atom. The molecule has 2 saturated heterocycles. The Labute approximate surface area is 169 Å². The van der Waals surface area contributed by atoms with Crippen molar-refractivity contribution >= 4 is 29.4 Å². The fourth-order valence-corrected chi connectivity index (χ4v) is 4.65. The molecule has 0 saturated carbocycles. The highest BCUT2D eigenvalue weighted by molar-refractivity contribution is 6.00. The second kappa shape index (κ2) is 8.23. The van der Waals surface area contributed by atoms with Gasteiger partial charge in [-0.3, -0.25) is 19.7 Å². The number of hydrogen-bond donors (Lipinski definition) is 2. The maximum absolute atomic E-state index is 12.8. The number of fused-ring (bicyclic) bond motifs is 1. The first kappa shape index (κ1) is 19.4. The zero-order valence-electron chi connectivity index (χ0n) is 16.4. The van der Waals surface area contributed by atoms with Crippen molar-refractivity contribution in [2.75, 3.05) is 24.5 Å². The van der Waals surface area contributed by atoms with Gasteiger partial charge in [0, 0.05) is 31.2 Å². The standard InChI is InChI=1S/C21H26N4O4/c26-18-9-8-15(20(28)23-18)17-7-3-4-11-25(17)21(29)22-13-19(27)24-12-10-14-5-1-2-6-16(14)24/h1-2,5-6,15,17H,3-4,7-13H2,(H,22,29)(H,23,26,28). The van der Waals surface area contributed by atoms with E-state index >= 15 is 0 Å². The summed E-state index contributed by atoms with van der Waals surface area (Å²) in [5.74, 6) is -1.07. The molecule has 0 spiro atoms. The normalized spacial score (nSPS) is 24.1. The SMILES string of the molecule is O=C1CCC(C2CCCCN2C(=O)NCC(=O)N2CCc3ccccc32)C(=O)N1. The minimum absolute atomic E-state index is 0.0776. The summed E-state index contributed by atoms with van der Waals surface area (Å²) < 4.78 is 0. The number of piperidine rings is 2. The largest absolute Gasteiger partial charge is 0.329 e. The van der Waals surface area contributed by atoms with Crippen LogP contribution in [0.5, 0.6) is 0 Å². The third-order valence-electron chi connectivity index (χ3n) is 6.14. The number of carbonyl (C=O) groups is 4. The van der Waals surface area contributed by atoms with E-state index in [2.05, 4.69) is 10.6 Å². The molecule has 0 radical (unpaired) electrons. The summed E-state index contributed by atoms with van der Waals surface area (Å²) in [6.45, 7) is 1.09. The third-order valence-corrected chi connectivity index (χ3v) is 6.14. The minimum atomic E-state index is -0.375. The van der Waals surface area contributed by atoms with Crippen LogP contribution >= 0.6 is 0 Å². The number of para-hydroxylation sites is 1. The van der Waals surface area contributed by atoms with Gasteiger partial charge in [-0.1, -0.05) is 18.2 Å². The molecule has 8 nitrogen and oxygen atoms in total. The summed E-state index contributed by atoms with van der Waals surface area (Å²) in [4.78, 5) is 52.6. The zero-order chi connectivity index (χ0) is 20.4. The van der Waals surface area contributed by atoms with Crippen LogP contribution in [0.15, 0.2) is 24.3 Å². The third kappa shape index (κ3) is 3.97. The van der Waals surface area contributed by atoms with E-state index < -0.39 is 0 Å². The number of likely N-dealkylation sites (tertiary alicyclic amines) is 1. The highest BCUT2D eigenvalue weighted by atomic mass is 16.2. The van der Waals surface area contributed by atoms with E-state index in [0.717, 1.165) is 36.9 Å². The van der Waals surface area contributed by atoms with Crippen LogP contribution in [-0.2, 0) is 20.8 Å². The van der Waals surface area contributed by atoms with Gasteiger partial charge in [0.05, 0.1) is 12.5 Å². The number of hydrogen-bond acceptors (Lipinski definition) is 4. The highest BCUT2D eigenvalue weighted by Crippen LogP contribution is 2.29. The number of imide groups is 1. The van der Waals surface area contributed by atoms with Crippen LogP contribution in [-0.4, -0.2) is 54.3 Å². The predicted molar refractivity (Wildman–Crippen MR) is 106 cm³/mol. The summed E-state index contributed by atoms with van der Waals surface area (Å²) in [5.41, 5.74) is 2.05. The molecule has 8 heteroatoms. The van der Waals surface area contributed by atoms with E-state index in [1.165, 1.54) is 0 Å². The molecule has 29 heavy (non-hydrogen) atoms. The molecule has 4 rings (SSSR count). The van der Waals surface area contributed by atoms with Crippen LogP contribution in [0.4, 0.5) is 10.5 Å². The molecule has 2 atom stereocenters. The van der Waals surface area contributed by atoms with E-state index in [-0.39, 0.29) is 42.3 Å². The Balaban J connectivity index is 1.37. The first-order valence-electron chi connectivity index (χ1n) is 10.3. The Kier molecular flexibility index (Phi) is 5.51. The molecule has 154 valence electrons. The van der Waals surface area contributed by atoms with Crippen LogP contribution in [0.2, 0.25) is 0 Å². The number of rotatable bonds is 3. The lowest BCUT2D eigenvalue weighted by Gasteiger charge is -2.40. The lowest BCUT2D eigenvalue weighted by Crippen LogP contribution is -2.57. The summed E-state index contributed by atoms with van der Waals surface area (Å²) in [7, 11) is 0. The molecule has 1 aromatic carbocycles. The second-order valence-electron chi connectivity index (χ2n) is 7.90. The van der Waals surface area contributed by atoms with E-state index in [4.69, 9.17) is 0 Å². The quantitative estimate of drug-likeness (QED) is 0.747. The molecular weight excluding hydrogens is 372 g/mol. The van der Waals surface area contributed by atoms with E-state index in [0.29, 0.717) is 25.9 Å². The Bertz CT molecular complexity index is 840. The summed E-state index contributed by atoms with van der Waals surface area (Å²) in [6, 6.07) is 7.24. The molecule has 0 aliphatic carbocycles. The number of amides is 5. The molecule has 0 bridgehead atoms. The van der Waals surface area contributed by atoms with Gasteiger partial charge in [-0.05, 0) is 43.7 Å². The number of benzene rings is 1. The molecule has 3 aliphatic heterocycles. The zero-order valence-corrected chi connectivity index (χ0v) is 16.4. The van der Waals surface area contributed by atoms with Crippen molar-refractivity contribution in [2.24, 2.45) is 5.92 Å². The lowest BCUT2D eigenvalue weighted by molar-refractivity contribution is -0.138. The van der Waals surface area contributed by atoms with Gasteiger partial charge in [-0.25, -0.2) is 4.79 Å². The monoisotopic (exact) mass is 398 g/mol. The predicted octanol–water partition coefficient (Wildman–Crippen LogP) is 1.19. The fraction of sp³-hybridized carbons (Fsp3) is 0.524. The van der Waals surface area contributed by atoms with Crippen molar-refractivity contribution in [3.63, 3.8) is 0 Å². The van der Waals surface area contributed by atoms with Gasteiger partial charge in [0.2, 0.25) is 17.7 Å². The van der Waals surface area contributed by atoms with Crippen molar-refractivity contribution in [1.82, 2.24) is 15.5 Å². The number of nitrogens with one attached hydrogen (secondary N) is 2. The number of urea groups is 1. The van der Waals surface area contributed by atoms with E-state index in [9.17, 15) is 19.2 Å². The van der Waals surface area contributed by atoms with Gasteiger partial charge in [0.1, 0.15) is 0 Å². The van der Waals surface area contributed by atoms with Crippen LogP contribution in [0, 0.1) is 5.92 Å². The topological polar surface area (TPSA) is 98.8 Å². The minimum Gasteiger partial charge on any atom is -0.329 e. The van der Waals surface area contributed by atoms with Gasteiger partial charge < -0.3 is 15.1 Å². The van der Waals surface area contributed by atoms with Crippen molar-refractivity contribution in [1.29, 1.82) is 0 Å². The first-order valence-corrected chi connectivity index (χ1v) is 10.3. The Morgan fingerprint density at radius 1 is 1.07 bits per heavy atom. The molecule has 1 aromatic rings. The maximum Gasteiger partial charge on any atom is 0.318 e. The average Bonchev–Trinajstić information content (AvgIpc) is 3.16. The van der Waals surface area contributed by atoms with Crippen molar-refractivity contribution in [3.05, 3.63) is 29.8 Å². The van der Waals surface area contributed by atoms with Crippen LogP contribution in [0.3, 0.4) is 0 Å². The molecule has 3 heterocycles. The molecule has 0 aromatic heterocycles. The molecule has 5 amide bonds. The number of anilines is 1. The average molecular weight is 398 g/mol. The van der Waals surface area contributed by atoms with Crippen molar-refractivity contribution < 1.29 is 19.2 Å². The lowest BCUT2D eigenvalue weighted by atomic mass is 9.84. The smallest absolute Gasteiger partial charge is 0.318 e. The van der Waals surface area contributed by atoms with Gasteiger partial charge in [-0.2, -0.15) is 0 Å². The number of carbonyl (C=O) groups excluding carboxylic acids is 4. The van der Waals surface area contributed by atoms with Crippen LogP contribution in [0.25, 0.3) is 0 Å². The fourth-order valence-electron chi connectivity index (χ4n) is 4.65. The van der Waals surface area contributed by atoms with Gasteiger partial charge >= 0.3 is 6.03 Å². The van der Waals surface area contributed by atoms with Gasteiger partial charge in [-0.15, -0.1) is 0 Å². The molecular formula is C21H26N4O4. The number of nitrogens with zero attached hydrogens (tertiary/aromatic N) is 2. The summed E-state index contributed by atoms with van der Waals surface area (Å²) in [5, 5.41) is 5.14. The molecule has 2 N–H and O–H groups in total. The molecule has 3 aliphatic rings. The maximum atomic E-state index is 12.8. The Hall–Kier alpha value is -2.90. The van der Waals surface area contributed by atoms with Gasteiger partial charge in [0.25, 0.3) is 0 Å². The van der Waals surface area contributed by atoms with Gasteiger partial charge in [0.15, 0.2) is 0 Å². The summed E-state index contributed by atoms with van der Waals surface area (Å²) in [6.07, 6.45) is 4.12. The molecule has 2 unspecified atom stereocenters. The molecule has 2 fully saturated rings. The van der Waals surface area contributed by atoms with Crippen LogP contribution < -0.4 is 15.5 Å². The van der Waals surface area contributed by atoms with Crippen LogP contribution in [0.1, 0.15) is 37.7 Å². The summed E-state index contributed by atoms with van der Waals surface area (Å²) >= 11 is 0. The first-order chi connectivity index (χ1) is 14.0. The van der Waals surface area contributed by atoms with E-state index in [1.807, 2.05) is 24.3 Å². The van der Waals surface area contributed by atoms with Crippen molar-refractivity contribution in [3.8, 4) is 0 Å². The van der Waals surface area contributed by atoms with E-state index in [1.54, 1.807) is 9.80 Å². The highest BCUT2D eigenvalue weighted by Gasteiger charge is 2.39. The second-order valence-corrected chi connectivity index (χ2v) is 7.90. The Morgan fingerprint density at radius 2 is 1.90 bits per heavy atom. The van der Waals surface area contributed by atoms with Crippen molar-refractivity contribution in [2.45, 2.75) is 44.6 Å².